The van der Waals surface area contributed by atoms with Crippen molar-refractivity contribution in [1.82, 2.24) is 5.32 Å². The van der Waals surface area contributed by atoms with Crippen molar-refractivity contribution in [3.05, 3.63) is 0 Å². The van der Waals surface area contributed by atoms with E-state index in [2.05, 4.69) is 12.2 Å². The van der Waals surface area contributed by atoms with E-state index >= 15 is 0 Å². The molecule has 1 rings (SSSR count). The quantitative estimate of drug-likeness (QED) is 0.690. The summed E-state index contributed by atoms with van der Waals surface area (Å²) in [6, 6.07) is 0.0396. The third kappa shape index (κ3) is 4.64. The van der Waals surface area contributed by atoms with Crippen LogP contribution in [0.5, 0.6) is 0 Å². The molecule has 1 fully saturated rings. The second kappa shape index (κ2) is 7.67. The van der Waals surface area contributed by atoms with Crippen molar-refractivity contribution in [2.45, 2.75) is 45.1 Å². The fourth-order valence-corrected chi connectivity index (χ4v) is 2.61. The number of nitrogens with one attached hydrogen (secondary N) is 1. The van der Waals surface area contributed by atoms with Crippen LogP contribution >= 0.6 is 0 Å². The Morgan fingerprint density at radius 1 is 1.41 bits per heavy atom. The fraction of sp³-hybridized carbons (Fsp3) is 0.923. The molecule has 4 nitrogen and oxygen atoms in total. The molecule has 1 saturated carbocycles. The van der Waals surface area contributed by atoms with Crippen molar-refractivity contribution in [2.24, 2.45) is 17.6 Å². The van der Waals surface area contributed by atoms with E-state index in [1.54, 1.807) is 7.11 Å². The summed E-state index contributed by atoms with van der Waals surface area (Å²) < 4.78 is 4.97. The Labute approximate surface area is 104 Å². The number of nitrogens with two attached hydrogens (primary N) is 1. The number of carbonyl (C=O) groups excluding carboxylic acids is 1. The van der Waals surface area contributed by atoms with Crippen molar-refractivity contribution >= 4 is 5.91 Å². The van der Waals surface area contributed by atoms with Gasteiger partial charge in [0.15, 0.2) is 0 Å². The van der Waals surface area contributed by atoms with Crippen molar-refractivity contribution in [3.63, 3.8) is 0 Å². The van der Waals surface area contributed by atoms with Crippen LogP contribution in [0.2, 0.25) is 0 Å². The van der Waals surface area contributed by atoms with Crippen LogP contribution in [0, 0.1) is 11.8 Å². The number of hydrogen-bond acceptors (Lipinski definition) is 3. The maximum Gasteiger partial charge on any atom is 0.224 e. The third-order valence-corrected chi connectivity index (χ3v) is 3.65. The zero-order valence-corrected chi connectivity index (χ0v) is 11.1. The molecule has 0 saturated heterocycles. The minimum absolute atomic E-state index is 0.00572. The Morgan fingerprint density at radius 3 is 2.82 bits per heavy atom. The first kappa shape index (κ1) is 14.5. The topological polar surface area (TPSA) is 64.3 Å². The molecule has 100 valence electrons. The van der Waals surface area contributed by atoms with Gasteiger partial charge in [0.2, 0.25) is 5.91 Å². The van der Waals surface area contributed by atoms with Gasteiger partial charge in [0.05, 0.1) is 5.92 Å². The lowest BCUT2D eigenvalue weighted by Crippen LogP contribution is -2.47. The molecule has 0 aromatic heterocycles. The van der Waals surface area contributed by atoms with Crippen LogP contribution in [-0.2, 0) is 9.53 Å². The van der Waals surface area contributed by atoms with Gasteiger partial charge >= 0.3 is 0 Å². The summed E-state index contributed by atoms with van der Waals surface area (Å²) in [7, 11) is 1.70. The first-order valence-electron chi connectivity index (χ1n) is 6.69. The van der Waals surface area contributed by atoms with Gasteiger partial charge in [0.1, 0.15) is 0 Å². The van der Waals surface area contributed by atoms with Crippen LogP contribution in [0.3, 0.4) is 0 Å². The standard InChI is InChI=1S/C13H26N2O2/c1-10-6-5-7-11(14)12(10)13(16)15-8-3-4-9-17-2/h10-12H,3-9,14H2,1-2H3,(H,15,16). The van der Waals surface area contributed by atoms with E-state index in [9.17, 15) is 4.79 Å². The number of rotatable bonds is 6. The van der Waals surface area contributed by atoms with Gasteiger partial charge in [-0.15, -0.1) is 0 Å². The molecule has 1 amide bonds. The Balaban J connectivity index is 2.25. The maximum atomic E-state index is 12.0. The molecule has 0 aromatic carbocycles. The van der Waals surface area contributed by atoms with Crippen molar-refractivity contribution < 1.29 is 9.53 Å². The number of carbonyl (C=O) groups is 1. The lowest BCUT2D eigenvalue weighted by molar-refractivity contribution is -0.128. The first-order valence-corrected chi connectivity index (χ1v) is 6.69. The average molecular weight is 242 g/mol. The van der Waals surface area contributed by atoms with Gasteiger partial charge in [-0.3, -0.25) is 4.79 Å². The summed E-state index contributed by atoms with van der Waals surface area (Å²) in [5, 5.41) is 3.00. The summed E-state index contributed by atoms with van der Waals surface area (Å²) in [6.07, 6.45) is 5.21. The zero-order chi connectivity index (χ0) is 12.7. The van der Waals surface area contributed by atoms with E-state index in [1.807, 2.05) is 0 Å². The average Bonchev–Trinajstić information content (AvgIpc) is 2.28. The highest BCUT2D eigenvalue weighted by Crippen LogP contribution is 2.28. The van der Waals surface area contributed by atoms with Crippen molar-refractivity contribution in [3.8, 4) is 0 Å². The van der Waals surface area contributed by atoms with E-state index in [0.29, 0.717) is 5.92 Å². The molecule has 0 aromatic rings. The van der Waals surface area contributed by atoms with Gasteiger partial charge in [-0.1, -0.05) is 13.3 Å². The highest BCUT2D eigenvalue weighted by atomic mass is 16.5. The molecule has 3 N–H and O–H groups in total. The Morgan fingerprint density at radius 2 is 2.18 bits per heavy atom. The molecule has 0 bridgehead atoms. The molecule has 3 unspecified atom stereocenters. The van der Waals surface area contributed by atoms with Gasteiger partial charge in [-0.2, -0.15) is 0 Å². The van der Waals surface area contributed by atoms with Crippen LogP contribution in [-0.4, -0.2) is 32.2 Å². The number of methoxy groups -OCH3 is 1. The molecule has 1 aliphatic rings. The van der Waals surface area contributed by atoms with Crippen LogP contribution in [0.15, 0.2) is 0 Å². The van der Waals surface area contributed by atoms with Gasteiger partial charge in [0, 0.05) is 26.3 Å². The Hall–Kier alpha value is -0.610. The molecule has 0 heterocycles. The van der Waals surface area contributed by atoms with E-state index in [0.717, 1.165) is 45.3 Å². The summed E-state index contributed by atoms with van der Waals surface area (Å²) in [5.74, 6) is 0.561. The first-order chi connectivity index (χ1) is 8.16. The van der Waals surface area contributed by atoms with Gasteiger partial charge in [0.25, 0.3) is 0 Å². The van der Waals surface area contributed by atoms with Gasteiger partial charge in [-0.05, 0) is 31.6 Å². The number of unbranched alkanes of at least 4 members (excludes halogenated alkanes) is 1. The van der Waals surface area contributed by atoms with Crippen LogP contribution in [0.1, 0.15) is 39.0 Å². The van der Waals surface area contributed by atoms with Crippen LogP contribution < -0.4 is 11.1 Å². The number of hydrogen-bond donors (Lipinski definition) is 2. The molecule has 0 aliphatic heterocycles. The smallest absolute Gasteiger partial charge is 0.224 e. The fourth-order valence-electron chi connectivity index (χ4n) is 2.61. The lowest BCUT2D eigenvalue weighted by atomic mass is 9.76. The van der Waals surface area contributed by atoms with E-state index in [1.165, 1.54) is 0 Å². The van der Waals surface area contributed by atoms with Gasteiger partial charge < -0.3 is 15.8 Å². The minimum Gasteiger partial charge on any atom is -0.385 e. The second-order valence-electron chi connectivity index (χ2n) is 5.09. The normalized spacial score (nSPS) is 29.0. The molecule has 0 radical (unpaired) electrons. The summed E-state index contributed by atoms with van der Waals surface area (Å²) in [4.78, 5) is 12.0. The summed E-state index contributed by atoms with van der Waals surface area (Å²) >= 11 is 0. The van der Waals surface area contributed by atoms with Crippen LogP contribution in [0.4, 0.5) is 0 Å². The largest absolute Gasteiger partial charge is 0.385 e. The Bertz CT molecular complexity index is 223. The van der Waals surface area contributed by atoms with E-state index in [-0.39, 0.29) is 17.9 Å². The third-order valence-electron chi connectivity index (χ3n) is 3.65. The highest BCUT2D eigenvalue weighted by Gasteiger charge is 2.33. The molecular weight excluding hydrogens is 216 g/mol. The lowest BCUT2D eigenvalue weighted by Gasteiger charge is -2.33. The van der Waals surface area contributed by atoms with E-state index < -0.39 is 0 Å². The predicted octanol–water partition coefficient (Wildman–Crippen LogP) is 1.29. The van der Waals surface area contributed by atoms with Crippen LogP contribution in [0.25, 0.3) is 0 Å². The minimum atomic E-state index is 0.00572. The second-order valence-corrected chi connectivity index (χ2v) is 5.09. The summed E-state index contributed by atoms with van der Waals surface area (Å²) in [6.45, 7) is 3.63. The highest BCUT2D eigenvalue weighted by molar-refractivity contribution is 5.79. The number of amides is 1. The summed E-state index contributed by atoms with van der Waals surface area (Å²) in [5.41, 5.74) is 6.04. The SMILES string of the molecule is COCCCCNC(=O)C1C(C)CCCC1N. The molecular formula is C13H26N2O2. The van der Waals surface area contributed by atoms with E-state index in [4.69, 9.17) is 10.5 Å². The molecule has 3 atom stereocenters. The maximum absolute atomic E-state index is 12.0. The number of ether oxygens (including phenoxy) is 1. The zero-order valence-electron chi connectivity index (χ0n) is 11.1. The Kier molecular flexibility index (Phi) is 6.52. The predicted molar refractivity (Wildman–Crippen MR) is 68.6 cm³/mol. The monoisotopic (exact) mass is 242 g/mol. The van der Waals surface area contributed by atoms with Crippen molar-refractivity contribution in [2.75, 3.05) is 20.3 Å². The molecule has 0 spiro atoms. The molecule has 1 aliphatic carbocycles. The molecule has 4 heteroatoms. The van der Waals surface area contributed by atoms with Gasteiger partial charge in [-0.25, -0.2) is 0 Å². The molecule has 17 heavy (non-hydrogen) atoms. The van der Waals surface area contributed by atoms with Crippen molar-refractivity contribution in [1.29, 1.82) is 0 Å².